The maximum atomic E-state index is 12.1. The Morgan fingerprint density at radius 2 is 2.12 bits per heavy atom. The van der Waals surface area contributed by atoms with E-state index in [-0.39, 0.29) is 23.3 Å². The number of β-amino-alcohol motifs (C(OH)–C–C–N with tert-alkyl or cyclic N) is 1. The highest BCUT2D eigenvalue weighted by molar-refractivity contribution is 5.96. The van der Waals surface area contributed by atoms with Crippen molar-refractivity contribution in [2.45, 2.75) is 12.1 Å². The van der Waals surface area contributed by atoms with Crippen molar-refractivity contribution >= 4 is 5.91 Å². The lowest BCUT2D eigenvalue weighted by Gasteiger charge is -2.26. The molecule has 17 heavy (non-hydrogen) atoms. The summed E-state index contributed by atoms with van der Waals surface area (Å²) in [6, 6.07) is 6.16. The van der Waals surface area contributed by atoms with Crippen LogP contribution in [0.15, 0.2) is 24.3 Å². The molecule has 0 radical (unpaired) electrons. The van der Waals surface area contributed by atoms with Gasteiger partial charge in [0.15, 0.2) is 0 Å². The van der Waals surface area contributed by atoms with Crippen molar-refractivity contribution in [1.82, 2.24) is 10.2 Å². The van der Waals surface area contributed by atoms with Crippen LogP contribution in [0.25, 0.3) is 0 Å². The molecule has 1 fully saturated rings. The minimum absolute atomic E-state index is 0.0372. The molecule has 1 aromatic rings. The van der Waals surface area contributed by atoms with Gasteiger partial charge in [-0.15, -0.1) is 0 Å². The van der Waals surface area contributed by atoms with Gasteiger partial charge in [0.25, 0.3) is 5.91 Å². The van der Waals surface area contributed by atoms with Crippen LogP contribution >= 0.6 is 0 Å². The second-order valence-corrected chi connectivity index (χ2v) is 4.23. The van der Waals surface area contributed by atoms with Gasteiger partial charge in [-0.05, 0) is 12.1 Å². The van der Waals surface area contributed by atoms with Crippen LogP contribution in [0.1, 0.15) is 10.4 Å². The molecule has 2 rings (SSSR count). The molecule has 0 aromatic heterocycles. The number of aromatic hydroxyl groups is 1. The number of aliphatic hydroxyl groups excluding tert-OH is 1. The van der Waals surface area contributed by atoms with Crippen LogP contribution in [0, 0.1) is 0 Å². The summed E-state index contributed by atoms with van der Waals surface area (Å²) in [6.45, 7) is 1.06. The molecule has 3 N–H and O–H groups in total. The largest absolute Gasteiger partial charge is 0.507 e. The van der Waals surface area contributed by atoms with E-state index < -0.39 is 6.10 Å². The van der Waals surface area contributed by atoms with Gasteiger partial charge in [0.2, 0.25) is 0 Å². The van der Waals surface area contributed by atoms with Crippen LogP contribution in [-0.2, 0) is 0 Å². The first kappa shape index (κ1) is 11.9. The Morgan fingerprint density at radius 1 is 1.41 bits per heavy atom. The number of likely N-dealkylation sites (N-methyl/N-ethyl adjacent to an activating group) is 1. The molecular formula is C12H16N2O3. The van der Waals surface area contributed by atoms with Gasteiger partial charge in [-0.2, -0.15) is 0 Å². The molecule has 1 saturated heterocycles. The number of carbonyl (C=O) groups is 1. The Bertz CT molecular complexity index is 422. The van der Waals surface area contributed by atoms with Crippen molar-refractivity contribution in [3.8, 4) is 5.75 Å². The summed E-state index contributed by atoms with van der Waals surface area (Å²) in [5, 5.41) is 22.3. The zero-order chi connectivity index (χ0) is 12.4. The minimum atomic E-state index is -0.560. The van der Waals surface area contributed by atoms with Crippen LogP contribution in [0.4, 0.5) is 0 Å². The molecule has 92 valence electrons. The molecule has 1 aromatic carbocycles. The van der Waals surface area contributed by atoms with E-state index >= 15 is 0 Å². The fourth-order valence-electron chi connectivity index (χ4n) is 2.04. The van der Waals surface area contributed by atoms with Gasteiger partial charge in [-0.1, -0.05) is 12.1 Å². The van der Waals surface area contributed by atoms with Crippen molar-refractivity contribution in [3.63, 3.8) is 0 Å². The highest BCUT2D eigenvalue weighted by atomic mass is 16.3. The van der Waals surface area contributed by atoms with E-state index in [0.717, 1.165) is 0 Å². The Hall–Kier alpha value is -1.59. The number of phenols is 1. The average Bonchev–Trinajstić information content (AvgIpc) is 2.74. The van der Waals surface area contributed by atoms with E-state index in [1.165, 1.54) is 11.0 Å². The predicted molar refractivity (Wildman–Crippen MR) is 62.9 cm³/mol. The summed E-state index contributed by atoms with van der Waals surface area (Å²) >= 11 is 0. The van der Waals surface area contributed by atoms with E-state index in [1.807, 2.05) is 0 Å². The van der Waals surface area contributed by atoms with E-state index in [4.69, 9.17) is 0 Å². The third kappa shape index (κ3) is 2.25. The molecule has 0 aliphatic carbocycles. The van der Waals surface area contributed by atoms with Crippen molar-refractivity contribution in [1.29, 1.82) is 0 Å². The van der Waals surface area contributed by atoms with Crippen LogP contribution in [0.3, 0.4) is 0 Å². The zero-order valence-corrected chi connectivity index (χ0v) is 9.63. The highest BCUT2D eigenvalue weighted by Gasteiger charge is 2.32. The number of amides is 1. The first-order chi connectivity index (χ1) is 8.11. The Balaban J connectivity index is 2.17. The summed E-state index contributed by atoms with van der Waals surface area (Å²) in [6.07, 6.45) is -0.560. The molecule has 1 aliphatic rings. The van der Waals surface area contributed by atoms with E-state index in [9.17, 15) is 15.0 Å². The SMILES string of the molecule is CN(C(=O)c1ccccc1O)[C@@H]1CNC[C@H]1O. The predicted octanol–water partition coefficient (Wildman–Crippen LogP) is -0.203. The molecule has 1 aliphatic heterocycles. The fourth-order valence-corrected chi connectivity index (χ4v) is 2.04. The van der Waals surface area contributed by atoms with Gasteiger partial charge in [0.1, 0.15) is 5.75 Å². The lowest BCUT2D eigenvalue weighted by Crippen LogP contribution is -2.44. The highest BCUT2D eigenvalue weighted by Crippen LogP contribution is 2.19. The number of para-hydroxylation sites is 1. The molecule has 2 atom stereocenters. The van der Waals surface area contributed by atoms with E-state index in [0.29, 0.717) is 13.1 Å². The van der Waals surface area contributed by atoms with Crippen LogP contribution in [0.5, 0.6) is 5.75 Å². The first-order valence-electron chi connectivity index (χ1n) is 5.55. The third-order valence-electron chi connectivity index (χ3n) is 3.10. The molecule has 0 unspecified atom stereocenters. The Kier molecular flexibility index (Phi) is 3.31. The van der Waals surface area contributed by atoms with Crippen LogP contribution in [0.2, 0.25) is 0 Å². The standard InChI is InChI=1S/C12H16N2O3/c1-14(9-6-13-7-11(9)16)12(17)8-4-2-3-5-10(8)15/h2-5,9,11,13,15-16H,6-7H2,1H3/t9-,11-/m1/s1. The van der Waals surface area contributed by atoms with Crippen molar-refractivity contribution in [2.24, 2.45) is 0 Å². The lowest BCUT2D eigenvalue weighted by molar-refractivity contribution is 0.0578. The number of benzene rings is 1. The number of hydrogen-bond acceptors (Lipinski definition) is 4. The first-order valence-corrected chi connectivity index (χ1v) is 5.55. The summed E-state index contributed by atoms with van der Waals surface area (Å²) < 4.78 is 0. The second kappa shape index (κ2) is 4.73. The van der Waals surface area contributed by atoms with Crippen LogP contribution < -0.4 is 5.32 Å². The summed E-state index contributed by atoms with van der Waals surface area (Å²) in [7, 11) is 1.63. The Labute approximate surface area is 99.7 Å². The molecule has 1 amide bonds. The number of nitrogens with one attached hydrogen (secondary N) is 1. The van der Waals surface area contributed by atoms with Crippen molar-refractivity contribution < 1.29 is 15.0 Å². The monoisotopic (exact) mass is 236 g/mol. The normalized spacial score (nSPS) is 23.6. The van der Waals surface area contributed by atoms with Crippen LogP contribution in [-0.4, -0.2) is 53.3 Å². The zero-order valence-electron chi connectivity index (χ0n) is 9.63. The van der Waals surface area contributed by atoms with Gasteiger partial charge >= 0.3 is 0 Å². The number of carbonyl (C=O) groups excluding carboxylic acids is 1. The summed E-state index contributed by atoms with van der Waals surface area (Å²) in [4.78, 5) is 13.6. The average molecular weight is 236 g/mol. The lowest BCUT2D eigenvalue weighted by atomic mass is 10.1. The molecule has 5 nitrogen and oxygen atoms in total. The molecule has 5 heteroatoms. The maximum Gasteiger partial charge on any atom is 0.257 e. The number of aliphatic hydroxyl groups is 1. The topological polar surface area (TPSA) is 72.8 Å². The van der Waals surface area contributed by atoms with Crippen molar-refractivity contribution in [2.75, 3.05) is 20.1 Å². The summed E-state index contributed by atoms with van der Waals surface area (Å²) in [5.41, 5.74) is 0.258. The second-order valence-electron chi connectivity index (χ2n) is 4.23. The number of phenolic OH excluding ortho intramolecular Hbond substituents is 1. The molecule has 0 spiro atoms. The third-order valence-corrected chi connectivity index (χ3v) is 3.10. The van der Waals surface area contributed by atoms with Gasteiger partial charge in [0.05, 0.1) is 17.7 Å². The molecule has 0 bridgehead atoms. The molecular weight excluding hydrogens is 220 g/mol. The number of hydrogen-bond donors (Lipinski definition) is 3. The van der Waals surface area contributed by atoms with Gasteiger partial charge in [-0.3, -0.25) is 4.79 Å². The number of rotatable bonds is 2. The van der Waals surface area contributed by atoms with Gasteiger partial charge in [-0.25, -0.2) is 0 Å². The number of nitrogens with zero attached hydrogens (tertiary/aromatic N) is 1. The van der Waals surface area contributed by atoms with E-state index in [2.05, 4.69) is 5.32 Å². The quantitative estimate of drug-likeness (QED) is 0.665. The maximum absolute atomic E-state index is 12.1. The Morgan fingerprint density at radius 3 is 2.71 bits per heavy atom. The van der Waals surface area contributed by atoms with Crippen molar-refractivity contribution in [3.05, 3.63) is 29.8 Å². The van der Waals surface area contributed by atoms with E-state index in [1.54, 1.807) is 25.2 Å². The smallest absolute Gasteiger partial charge is 0.257 e. The van der Waals surface area contributed by atoms with Gasteiger partial charge in [0, 0.05) is 20.1 Å². The molecule has 0 saturated carbocycles. The summed E-state index contributed by atoms with van der Waals surface area (Å²) in [5.74, 6) is -0.319. The fraction of sp³-hybridized carbons (Fsp3) is 0.417. The minimum Gasteiger partial charge on any atom is -0.507 e. The molecule has 1 heterocycles. The van der Waals surface area contributed by atoms with Gasteiger partial charge < -0.3 is 20.4 Å².